The molecule has 1 fully saturated rings. The fourth-order valence-corrected chi connectivity index (χ4v) is 4.86. The van der Waals surface area contributed by atoms with E-state index >= 15 is 0 Å². The lowest BCUT2D eigenvalue weighted by molar-refractivity contribution is 0.225. The monoisotopic (exact) mass is 399 g/mol. The SMILES string of the molecule is C=C(CN1CCC(c2ccccc2F)CC1)N1CCCc2cc(Cl)cc(N)c21. The van der Waals surface area contributed by atoms with Crippen LogP contribution >= 0.6 is 11.6 Å². The van der Waals surface area contributed by atoms with E-state index in [0.717, 1.165) is 74.5 Å². The van der Waals surface area contributed by atoms with Gasteiger partial charge in [-0.25, -0.2) is 4.39 Å². The molecule has 2 N–H and O–H groups in total. The summed E-state index contributed by atoms with van der Waals surface area (Å²) < 4.78 is 14.1. The maximum atomic E-state index is 14.1. The Balaban J connectivity index is 1.40. The minimum Gasteiger partial charge on any atom is -0.397 e. The van der Waals surface area contributed by atoms with Crippen LogP contribution in [0.5, 0.6) is 0 Å². The molecule has 3 nitrogen and oxygen atoms in total. The van der Waals surface area contributed by atoms with Crippen molar-refractivity contribution >= 4 is 23.0 Å². The van der Waals surface area contributed by atoms with E-state index < -0.39 is 0 Å². The second-order valence-electron chi connectivity index (χ2n) is 7.90. The second kappa shape index (κ2) is 8.14. The van der Waals surface area contributed by atoms with E-state index in [9.17, 15) is 4.39 Å². The van der Waals surface area contributed by atoms with E-state index in [1.165, 1.54) is 5.56 Å². The fourth-order valence-electron chi connectivity index (χ4n) is 4.61. The maximum Gasteiger partial charge on any atom is 0.126 e. The molecule has 0 aliphatic carbocycles. The average Bonchev–Trinajstić information content (AvgIpc) is 2.68. The Morgan fingerprint density at radius 1 is 1.18 bits per heavy atom. The number of aryl methyl sites for hydroxylation is 1. The minimum absolute atomic E-state index is 0.0792. The third kappa shape index (κ3) is 3.89. The first-order valence-corrected chi connectivity index (χ1v) is 10.4. The quantitative estimate of drug-likeness (QED) is 0.716. The van der Waals surface area contributed by atoms with Crippen molar-refractivity contribution in [2.45, 2.75) is 31.6 Å². The molecule has 1 saturated heterocycles. The lowest BCUT2D eigenvalue weighted by atomic mass is 9.89. The number of nitrogen functional groups attached to an aromatic ring is 1. The topological polar surface area (TPSA) is 32.5 Å². The smallest absolute Gasteiger partial charge is 0.126 e. The van der Waals surface area contributed by atoms with Crippen molar-refractivity contribution in [2.24, 2.45) is 0 Å². The molecule has 0 unspecified atom stereocenters. The van der Waals surface area contributed by atoms with Crippen LogP contribution in [0.2, 0.25) is 5.02 Å². The number of nitrogens with zero attached hydrogens (tertiary/aromatic N) is 2. The maximum absolute atomic E-state index is 14.1. The Morgan fingerprint density at radius 2 is 1.93 bits per heavy atom. The Labute approximate surface area is 171 Å². The van der Waals surface area contributed by atoms with Gasteiger partial charge >= 0.3 is 0 Å². The number of anilines is 2. The average molecular weight is 400 g/mol. The molecule has 2 aromatic rings. The van der Waals surface area contributed by atoms with Gasteiger partial charge in [0.15, 0.2) is 0 Å². The number of likely N-dealkylation sites (tertiary alicyclic amines) is 1. The number of fused-ring (bicyclic) bond motifs is 1. The van der Waals surface area contributed by atoms with Gasteiger partial charge in [0.1, 0.15) is 5.82 Å². The molecule has 0 bridgehead atoms. The van der Waals surface area contributed by atoms with Crippen LogP contribution in [0.25, 0.3) is 0 Å². The molecule has 0 spiro atoms. The summed E-state index contributed by atoms with van der Waals surface area (Å²) in [6.07, 6.45) is 4.02. The summed E-state index contributed by atoms with van der Waals surface area (Å²) in [5, 5.41) is 0.693. The van der Waals surface area contributed by atoms with Gasteiger partial charge < -0.3 is 10.6 Å². The summed E-state index contributed by atoms with van der Waals surface area (Å²) in [5.74, 6) is 0.226. The molecule has 2 heterocycles. The van der Waals surface area contributed by atoms with Crippen molar-refractivity contribution in [2.75, 3.05) is 36.8 Å². The Morgan fingerprint density at radius 3 is 2.68 bits per heavy atom. The van der Waals surface area contributed by atoms with Gasteiger partial charge in [-0.1, -0.05) is 36.4 Å². The number of hydrogen-bond acceptors (Lipinski definition) is 3. The zero-order valence-corrected chi connectivity index (χ0v) is 16.9. The minimum atomic E-state index is -0.0792. The summed E-state index contributed by atoms with van der Waals surface area (Å²) in [7, 11) is 0. The molecule has 0 radical (unpaired) electrons. The molecule has 2 aliphatic heterocycles. The molecule has 5 heteroatoms. The molecule has 2 aliphatic rings. The highest BCUT2D eigenvalue weighted by molar-refractivity contribution is 6.31. The van der Waals surface area contributed by atoms with Crippen LogP contribution in [0.15, 0.2) is 48.7 Å². The normalized spacial score (nSPS) is 18.1. The van der Waals surface area contributed by atoms with Crippen LogP contribution in [0, 0.1) is 5.82 Å². The summed E-state index contributed by atoms with van der Waals surface area (Å²) in [5.41, 5.74) is 11.2. The Kier molecular flexibility index (Phi) is 5.61. The standard InChI is InChI=1S/C23H27ClFN3/c1-16(28-10-4-5-18-13-19(24)14-22(26)23(18)28)15-27-11-8-17(9-12-27)20-6-2-3-7-21(20)25/h2-3,6-7,13-14,17H,1,4-5,8-12,15,26H2. The number of piperidine rings is 1. The highest BCUT2D eigenvalue weighted by Crippen LogP contribution is 2.38. The molecule has 0 saturated carbocycles. The van der Waals surface area contributed by atoms with Gasteiger partial charge in [0, 0.05) is 23.8 Å². The predicted octanol–water partition coefficient (Wildman–Crippen LogP) is 5.21. The summed E-state index contributed by atoms with van der Waals surface area (Å²) >= 11 is 6.18. The van der Waals surface area contributed by atoms with Crippen molar-refractivity contribution in [3.63, 3.8) is 0 Å². The van der Waals surface area contributed by atoms with E-state index in [2.05, 4.69) is 16.4 Å². The Bertz CT molecular complexity index is 874. The van der Waals surface area contributed by atoms with Gasteiger partial charge in [-0.3, -0.25) is 4.90 Å². The van der Waals surface area contributed by atoms with Gasteiger partial charge in [0.25, 0.3) is 0 Å². The van der Waals surface area contributed by atoms with Gasteiger partial charge in [0.05, 0.1) is 11.4 Å². The number of nitrogens with two attached hydrogens (primary N) is 1. The lowest BCUT2D eigenvalue weighted by Crippen LogP contribution is -2.39. The first-order chi connectivity index (χ1) is 13.5. The summed E-state index contributed by atoms with van der Waals surface area (Å²) in [4.78, 5) is 4.67. The molecule has 4 rings (SSSR count). The summed E-state index contributed by atoms with van der Waals surface area (Å²) in [6, 6.07) is 11.0. The zero-order chi connectivity index (χ0) is 19.7. The van der Waals surface area contributed by atoms with E-state index in [4.69, 9.17) is 17.3 Å². The number of rotatable bonds is 4. The van der Waals surface area contributed by atoms with Crippen molar-refractivity contribution in [1.82, 2.24) is 4.90 Å². The van der Waals surface area contributed by atoms with Gasteiger partial charge in [-0.05, 0) is 74.0 Å². The fraction of sp³-hybridized carbons (Fsp3) is 0.391. The number of benzene rings is 2. The second-order valence-corrected chi connectivity index (χ2v) is 8.33. The van der Waals surface area contributed by atoms with Gasteiger partial charge in [-0.15, -0.1) is 0 Å². The first-order valence-electron chi connectivity index (χ1n) is 10.0. The highest BCUT2D eigenvalue weighted by atomic mass is 35.5. The van der Waals surface area contributed by atoms with Crippen LogP contribution < -0.4 is 10.6 Å². The Hall–Kier alpha value is -2.04. The number of halogens is 2. The first kappa shape index (κ1) is 19.3. The van der Waals surface area contributed by atoms with Crippen molar-refractivity contribution in [1.29, 1.82) is 0 Å². The largest absolute Gasteiger partial charge is 0.397 e. The van der Waals surface area contributed by atoms with Crippen LogP contribution in [0.1, 0.15) is 36.3 Å². The van der Waals surface area contributed by atoms with Crippen molar-refractivity contribution in [3.8, 4) is 0 Å². The highest BCUT2D eigenvalue weighted by Gasteiger charge is 2.26. The molecule has 0 atom stereocenters. The van der Waals surface area contributed by atoms with E-state index in [-0.39, 0.29) is 5.82 Å². The van der Waals surface area contributed by atoms with E-state index in [1.807, 2.05) is 24.3 Å². The molecule has 148 valence electrons. The third-order valence-electron chi connectivity index (χ3n) is 6.00. The van der Waals surface area contributed by atoms with E-state index in [0.29, 0.717) is 10.9 Å². The molecular formula is C23H27ClFN3. The predicted molar refractivity (Wildman–Crippen MR) is 115 cm³/mol. The van der Waals surface area contributed by atoms with E-state index in [1.54, 1.807) is 12.1 Å². The summed E-state index contributed by atoms with van der Waals surface area (Å²) in [6.45, 7) is 8.01. The zero-order valence-electron chi connectivity index (χ0n) is 16.1. The molecule has 28 heavy (non-hydrogen) atoms. The van der Waals surface area contributed by atoms with Crippen LogP contribution in [-0.2, 0) is 6.42 Å². The van der Waals surface area contributed by atoms with Crippen LogP contribution in [-0.4, -0.2) is 31.1 Å². The van der Waals surface area contributed by atoms with Crippen LogP contribution in [0.4, 0.5) is 15.8 Å². The molecule has 0 aromatic heterocycles. The molecule has 0 amide bonds. The van der Waals surface area contributed by atoms with Crippen LogP contribution in [0.3, 0.4) is 0 Å². The third-order valence-corrected chi connectivity index (χ3v) is 6.22. The van der Waals surface area contributed by atoms with Crippen molar-refractivity contribution in [3.05, 3.63) is 70.6 Å². The number of hydrogen-bond donors (Lipinski definition) is 1. The van der Waals surface area contributed by atoms with Gasteiger partial charge in [0.2, 0.25) is 0 Å². The molecule has 2 aromatic carbocycles. The van der Waals surface area contributed by atoms with Crippen molar-refractivity contribution < 1.29 is 4.39 Å². The van der Waals surface area contributed by atoms with Gasteiger partial charge in [-0.2, -0.15) is 0 Å². The molecular weight excluding hydrogens is 373 g/mol. The lowest BCUT2D eigenvalue weighted by Gasteiger charge is -2.38.